The molecule has 0 radical (unpaired) electrons. The summed E-state index contributed by atoms with van der Waals surface area (Å²) in [6.07, 6.45) is 1.70. The molecule has 1 aromatic carbocycles. The van der Waals surface area contributed by atoms with E-state index < -0.39 is 34.3 Å². The Bertz CT molecular complexity index is 609. The largest absolute Gasteiger partial charge is 0.481 e. The third-order valence-corrected chi connectivity index (χ3v) is 4.36. The van der Waals surface area contributed by atoms with E-state index >= 15 is 0 Å². The van der Waals surface area contributed by atoms with Crippen LogP contribution in [0.3, 0.4) is 0 Å². The van der Waals surface area contributed by atoms with Crippen LogP contribution in [0.15, 0.2) is 18.2 Å². The molecule has 2 rings (SSSR count). The molecule has 2 N–H and O–H groups in total. The van der Waals surface area contributed by atoms with Crippen molar-refractivity contribution in [3.05, 3.63) is 35.4 Å². The fraction of sp³-hybridized carbons (Fsp3) is 0.500. The molecule has 1 aliphatic carbocycles. The minimum absolute atomic E-state index is 0.0499. The number of amides is 1. The van der Waals surface area contributed by atoms with Gasteiger partial charge in [0.25, 0.3) is 0 Å². The quantitative estimate of drug-likeness (QED) is 0.878. The van der Waals surface area contributed by atoms with Gasteiger partial charge < -0.3 is 10.4 Å². The number of halogens is 2. The molecule has 0 saturated heterocycles. The average molecular weight is 311 g/mol. The first-order valence-corrected chi connectivity index (χ1v) is 7.16. The Kier molecular flexibility index (Phi) is 4.22. The fourth-order valence-electron chi connectivity index (χ4n) is 2.57. The Morgan fingerprint density at radius 2 is 1.95 bits per heavy atom. The van der Waals surface area contributed by atoms with Gasteiger partial charge in [0.15, 0.2) is 0 Å². The van der Waals surface area contributed by atoms with Crippen molar-refractivity contribution in [2.45, 2.75) is 38.5 Å². The van der Waals surface area contributed by atoms with Gasteiger partial charge in [-0.25, -0.2) is 8.78 Å². The number of hydrogen-bond acceptors (Lipinski definition) is 2. The topological polar surface area (TPSA) is 66.4 Å². The van der Waals surface area contributed by atoms with Crippen molar-refractivity contribution in [2.75, 3.05) is 6.54 Å². The van der Waals surface area contributed by atoms with E-state index in [9.17, 15) is 18.4 Å². The van der Waals surface area contributed by atoms with E-state index in [1.807, 2.05) is 0 Å². The van der Waals surface area contributed by atoms with E-state index in [4.69, 9.17) is 5.11 Å². The van der Waals surface area contributed by atoms with Crippen LogP contribution in [0.25, 0.3) is 0 Å². The van der Waals surface area contributed by atoms with Crippen LogP contribution in [0.5, 0.6) is 0 Å². The van der Waals surface area contributed by atoms with E-state index in [1.165, 1.54) is 19.9 Å². The Hall–Kier alpha value is -1.98. The molecule has 0 heterocycles. The normalized spacial score (nSPS) is 16.7. The first kappa shape index (κ1) is 16.4. The zero-order valence-electron chi connectivity index (χ0n) is 12.6. The molecular formula is C16H19F2NO3. The number of benzene rings is 1. The Morgan fingerprint density at radius 1 is 1.32 bits per heavy atom. The number of carbonyl (C=O) groups excluding carboxylic acids is 1. The van der Waals surface area contributed by atoms with Crippen molar-refractivity contribution in [3.63, 3.8) is 0 Å². The smallest absolute Gasteiger partial charge is 0.310 e. The molecule has 1 fully saturated rings. The highest BCUT2D eigenvalue weighted by molar-refractivity contribution is 5.89. The Balaban J connectivity index is 2.20. The molecule has 0 atom stereocenters. The fourth-order valence-corrected chi connectivity index (χ4v) is 2.57. The number of nitrogens with one attached hydrogen (secondary N) is 1. The van der Waals surface area contributed by atoms with Gasteiger partial charge in [0.2, 0.25) is 5.91 Å². The van der Waals surface area contributed by atoms with Crippen molar-refractivity contribution >= 4 is 11.9 Å². The monoisotopic (exact) mass is 311 g/mol. The summed E-state index contributed by atoms with van der Waals surface area (Å²) in [5, 5.41) is 11.7. The molecule has 0 unspecified atom stereocenters. The maximum Gasteiger partial charge on any atom is 0.310 e. The van der Waals surface area contributed by atoms with E-state index in [0.29, 0.717) is 12.8 Å². The number of hydrogen-bond donors (Lipinski definition) is 2. The average Bonchev–Trinajstić information content (AvgIpc) is 2.37. The predicted octanol–water partition coefficient (Wildman–Crippen LogP) is 2.61. The van der Waals surface area contributed by atoms with Gasteiger partial charge in [-0.3, -0.25) is 9.59 Å². The number of aliphatic carboxylic acids is 1. The summed E-state index contributed by atoms with van der Waals surface area (Å²) in [6.45, 7) is 2.95. The van der Waals surface area contributed by atoms with Crippen molar-refractivity contribution in [2.24, 2.45) is 5.41 Å². The van der Waals surface area contributed by atoms with Gasteiger partial charge in [0, 0.05) is 18.2 Å². The lowest BCUT2D eigenvalue weighted by Crippen LogP contribution is -2.52. The lowest BCUT2D eigenvalue weighted by Gasteiger charge is -2.41. The molecule has 1 aliphatic rings. The first-order chi connectivity index (χ1) is 10.2. The highest BCUT2D eigenvalue weighted by atomic mass is 19.1. The van der Waals surface area contributed by atoms with E-state index in [2.05, 4.69) is 5.32 Å². The highest BCUT2D eigenvalue weighted by Gasteiger charge is 2.47. The van der Waals surface area contributed by atoms with Crippen LogP contribution >= 0.6 is 0 Å². The summed E-state index contributed by atoms with van der Waals surface area (Å²) >= 11 is 0. The van der Waals surface area contributed by atoms with Crippen molar-refractivity contribution < 1.29 is 23.5 Å². The SMILES string of the molecule is CC(C)(CNC(=O)C1(c2ccc(F)cc2F)CCC1)C(=O)O. The van der Waals surface area contributed by atoms with Gasteiger partial charge >= 0.3 is 5.97 Å². The summed E-state index contributed by atoms with van der Waals surface area (Å²) in [5.74, 6) is -2.86. The summed E-state index contributed by atoms with van der Waals surface area (Å²) in [5.41, 5.74) is -1.96. The molecule has 22 heavy (non-hydrogen) atoms. The van der Waals surface area contributed by atoms with Crippen LogP contribution in [-0.4, -0.2) is 23.5 Å². The predicted molar refractivity (Wildman–Crippen MR) is 76.3 cm³/mol. The minimum Gasteiger partial charge on any atom is -0.481 e. The number of carboxylic acids is 1. The van der Waals surface area contributed by atoms with E-state index in [0.717, 1.165) is 18.6 Å². The lowest BCUT2D eigenvalue weighted by molar-refractivity contribution is -0.147. The van der Waals surface area contributed by atoms with Gasteiger partial charge in [-0.15, -0.1) is 0 Å². The number of carbonyl (C=O) groups is 2. The zero-order chi connectivity index (χ0) is 16.5. The minimum atomic E-state index is -1.11. The van der Waals surface area contributed by atoms with E-state index in [1.54, 1.807) is 0 Å². The molecule has 1 aromatic rings. The van der Waals surface area contributed by atoms with Crippen LogP contribution in [-0.2, 0) is 15.0 Å². The maximum absolute atomic E-state index is 14.0. The molecule has 1 saturated carbocycles. The molecule has 0 spiro atoms. The van der Waals surface area contributed by atoms with Gasteiger partial charge in [-0.05, 0) is 32.8 Å². The summed E-state index contributed by atoms with van der Waals surface area (Å²) in [6, 6.07) is 3.20. The summed E-state index contributed by atoms with van der Waals surface area (Å²) in [7, 11) is 0. The molecule has 0 aromatic heterocycles. The summed E-state index contributed by atoms with van der Waals surface area (Å²) < 4.78 is 27.1. The molecule has 0 bridgehead atoms. The van der Waals surface area contributed by atoms with Crippen molar-refractivity contribution in [1.82, 2.24) is 5.32 Å². The van der Waals surface area contributed by atoms with Crippen LogP contribution in [0.2, 0.25) is 0 Å². The standard InChI is InChI=1S/C16H19F2NO3/c1-15(2,14(21)22)9-19-13(20)16(6-3-7-16)11-5-4-10(17)8-12(11)18/h4-5,8H,3,6-7,9H2,1-2H3,(H,19,20)(H,21,22). The second-order valence-electron chi connectivity index (χ2n) is 6.43. The van der Waals surface area contributed by atoms with Crippen molar-refractivity contribution in [1.29, 1.82) is 0 Å². The second-order valence-corrected chi connectivity index (χ2v) is 6.43. The van der Waals surface area contributed by atoms with Gasteiger partial charge in [-0.2, -0.15) is 0 Å². The molecule has 0 aliphatic heterocycles. The maximum atomic E-state index is 14.0. The molecular weight excluding hydrogens is 292 g/mol. The number of carboxylic acid groups (broad SMARTS) is 1. The zero-order valence-corrected chi connectivity index (χ0v) is 12.6. The van der Waals surface area contributed by atoms with Crippen molar-refractivity contribution in [3.8, 4) is 0 Å². The molecule has 120 valence electrons. The second kappa shape index (κ2) is 5.66. The Morgan fingerprint density at radius 3 is 2.41 bits per heavy atom. The third kappa shape index (κ3) is 2.82. The number of rotatable bonds is 5. The van der Waals surface area contributed by atoms with Gasteiger partial charge in [0.1, 0.15) is 11.6 Å². The molecule has 4 nitrogen and oxygen atoms in total. The molecule has 6 heteroatoms. The van der Waals surface area contributed by atoms with E-state index in [-0.39, 0.29) is 12.1 Å². The summed E-state index contributed by atoms with van der Waals surface area (Å²) in [4.78, 5) is 23.6. The highest BCUT2D eigenvalue weighted by Crippen LogP contribution is 2.45. The van der Waals surface area contributed by atoms with Crippen LogP contribution in [0, 0.1) is 17.0 Å². The first-order valence-electron chi connectivity index (χ1n) is 7.16. The third-order valence-electron chi connectivity index (χ3n) is 4.36. The van der Waals surface area contributed by atoms with Crippen LogP contribution in [0.4, 0.5) is 8.78 Å². The molecule has 1 amide bonds. The Labute approximate surface area is 127 Å². The van der Waals surface area contributed by atoms with Crippen LogP contribution < -0.4 is 5.32 Å². The van der Waals surface area contributed by atoms with Gasteiger partial charge in [-0.1, -0.05) is 12.5 Å². The van der Waals surface area contributed by atoms with Gasteiger partial charge in [0.05, 0.1) is 10.8 Å². The lowest BCUT2D eigenvalue weighted by atomic mass is 9.63. The van der Waals surface area contributed by atoms with Crippen LogP contribution in [0.1, 0.15) is 38.7 Å².